The standard InChI is InChI=1S/C24H22BrN2O8P/c25-11-9-19(23-18(28)13-21(33-23)27-12-10-20(29)26-24(27)30)34-36(31)32-14-16-7-4-8-17(22(16)35-36)15-5-2-1-3-6-15/h1-12,18-19,21,23,28H,13-14H2,(H,26,29,30)/b11-9+/t18-,19?,21+,23-,36?/m0/s1. The molecule has 0 amide bonds. The van der Waals surface area contributed by atoms with Crippen molar-refractivity contribution < 1.29 is 28.0 Å². The Hall–Kier alpha value is -2.79. The average Bonchev–Trinajstić information content (AvgIpc) is 3.25. The predicted octanol–water partition coefficient (Wildman–Crippen LogP) is 3.86. The monoisotopic (exact) mass is 576 g/mol. The van der Waals surface area contributed by atoms with E-state index >= 15 is 0 Å². The third kappa shape index (κ3) is 5.04. The number of phosphoric ester groups is 1. The first-order valence-electron chi connectivity index (χ1n) is 11.1. The van der Waals surface area contributed by atoms with Crippen LogP contribution in [0.15, 0.2) is 81.4 Å². The third-order valence-corrected chi connectivity index (χ3v) is 7.56. The maximum Gasteiger partial charge on any atom is 0.531 e. The molecule has 188 valence electrons. The van der Waals surface area contributed by atoms with Crippen molar-refractivity contribution in [2.45, 2.75) is 37.6 Å². The molecular weight excluding hydrogens is 555 g/mol. The van der Waals surface area contributed by atoms with Gasteiger partial charge < -0.3 is 14.4 Å². The SMILES string of the molecule is O=c1ccn([C@H]2C[C@H](O)[C@@H](C(/C=C/Br)OP3(=O)OCc4cccc(-c5ccccc5)c4O3)O2)c(=O)[nH]1. The molecular formula is C24H22BrN2O8P. The highest BCUT2D eigenvalue weighted by Gasteiger charge is 2.45. The van der Waals surface area contributed by atoms with Crippen LogP contribution in [-0.4, -0.2) is 33.0 Å². The Morgan fingerprint density at radius 2 is 1.97 bits per heavy atom. The fourth-order valence-corrected chi connectivity index (χ4v) is 5.90. The fraction of sp³-hybridized carbons (Fsp3) is 0.250. The number of ether oxygens (including phenoxy) is 1. The van der Waals surface area contributed by atoms with Crippen molar-refractivity contribution in [3.8, 4) is 16.9 Å². The molecule has 12 heteroatoms. The van der Waals surface area contributed by atoms with E-state index in [1.54, 1.807) is 0 Å². The zero-order valence-corrected chi connectivity index (χ0v) is 21.2. The van der Waals surface area contributed by atoms with Gasteiger partial charge in [0.25, 0.3) is 5.56 Å². The fourth-order valence-electron chi connectivity index (χ4n) is 4.21. The van der Waals surface area contributed by atoms with Crippen LogP contribution in [0, 0.1) is 0 Å². The number of aliphatic hydroxyl groups excluding tert-OH is 1. The van der Waals surface area contributed by atoms with Crippen LogP contribution >= 0.6 is 23.8 Å². The molecule has 0 saturated carbocycles. The van der Waals surface area contributed by atoms with Crippen molar-refractivity contribution in [1.29, 1.82) is 0 Å². The topological polar surface area (TPSA) is 129 Å². The predicted molar refractivity (Wildman–Crippen MR) is 134 cm³/mol. The summed E-state index contributed by atoms with van der Waals surface area (Å²) in [7, 11) is -4.14. The summed E-state index contributed by atoms with van der Waals surface area (Å²) in [5.41, 5.74) is 1.11. The number of nitrogens with one attached hydrogen (secondary N) is 1. The van der Waals surface area contributed by atoms with Crippen LogP contribution in [0.5, 0.6) is 5.75 Å². The number of fused-ring (bicyclic) bond motifs is 1. The smallest absolute Gasteiger partial charge is 0.403 e. The van der Waals surface area contributed by atoms with Gasteiger partial charge in [0, 0.05) is 29.8 Å². The van der Waals surface area contributed by atoms with Crippen LogP contribution in [0.25, 0.3) is 11.1 Å². The highest BCUT2D eigenvalue weighted by atomic mass is 79.9. The number of nitrogens with zero attached hydrogens (tertiary/aromatic N) is 1. The Morgan fingerprint density at radius 3 is 2.72 bits per heavy atom. The summed E-state index contributed by atoms with van der Waals surface area (Å²) < 4.78 is 37.9. The minimum atomic E-state index is -4.14. The number of H-pyrrole nitrogens is 1. The normalized spacial score (nSPS) is 26.4. The molecule has 36 heavy (non-hydrogen) atoms. The van der Waals surface area contributed by atoms with E-state index in [1.807, 2.05) is 48.5 Å². The minimum Gasteiger partial charge on any atom is -0.403 e. The molecule has 5 rings (SSSR count). The second-order valence-electron chi connectivity index (χ2n) is 8.24. The van der Waals surface area contributed by atoms with Gasteiger partial charge in [0.05, 0.1) is 12.7 Å². The summed E-state index contributed by atoms with van der Waals surface area (Å²) in [5.74, 6) is 0.394. The van der Waals surface area contributed by atoms with Crippen molar-refractivity contribution in [2.75, 3.05) is 0 Å². The van der Waals surface area contributed by atoms with E-state index in [1.165, 1.54) is 23.3 Å². The van der Waals surface area contributed by atoms with Crippen molar-refractivity contribution in [3.05, 3.63) is 98.3 Å². The van der Waals surface area contributed by atoms with Gasteiger partial charge in [0.2, 0.25) is 0 Å². The molecule has 5 atom stereocenters. The lowest BCUT2D eigenvalue weighted by molar-refractivity contribution is -0.0684. The summed E-state index contributed by atoms with van der Waals surface area (Å²) >= 11 is 3.18. The Kier molecular flexibility index (Phi) is 7.11. The second-order valence-corrected chi connectivity index (χ2v) is 10.3. The van der Waals surface area contributed by atoms with Crippen molar-refractivity contribution in [2.24, 2.45) is 0 Å². The van der Waals surface area contributed by atoms with Crippen LogP contribution in [-0.2, 0) is 25.0 Å². The van der Waals surface area contributed by atoms with Crippen LogP contribution in [0.3, 0.4) is 0 Å². The Bertz CT molecular complexity index is 1440. The zero-order chi connectivity index (χ0) is 25.3. The lowest BCUT2D eigenvalue weighted by Gasteiger charge is -2.31. The number of aliphatic hydroxyl groups is 1. The molecule has 3 heterocycles. The average molecular weight is 577 g/mol. The number of halogens is 1. The number of aromatic amines is 1. The van der Waals surface area contributed by atoms with Gasteiger partial charge in [-0.3, -0.25) is 23.4 Å². The van der Waals surface area contributed by atoms with Gasteiger partial charge in [-0.15, -0.1) is 0 Å². The largest absolute Gasteiger partial charge is 0.531 e. The number of rotatable bonds is 6. The quantitative estimate of drug-likeness (QED) is 0.423. The molecule has 2 unspecified atom stereocenters. The van der Waals surface area contributed by atoms with Crippen LogP contribution in [0.2, 0.25) is 0 Å². The van der Waals surface area contributed by atoms with E-state index in [4.69, 9.17) is 18.3 Å². The van der Waals surface area contributed by atoms with E-state index in [2.05, 4.69) is 20.9 Å². The van der Waals surface area contributed by atoms with E-state index in [0.717, 1.165) is 15.7 Å². The number of para-hydroxylation sites is 1. The third-order valence-electron chi connectivity index (χ3n) is 5.90. The lowest BCUT2D eigenvalue weighted by Crippen LogP contribution is -2.36. The highest BCUT2D eigenvalue weighted by molar-refractivity contribution is 9.11. The van der Waals surface area contributed by atoms with Crippen molar-refractivity contribution in [3.63, 3.8) is 0 Å². The van der Waals surface area contributed by atoms with Crippen LogP contribution in [0.4, 0.5) is 0 Å². The van der Waals surface area contributed by atoms with Crippen LogP contribution < -0.4 is 15.8 Å². The maximum absolute atomic E-state index is 13.6. The Labute approximate surface area is 213 Å². The van der Waals surface area contributed by atoms with Gasteiger partial charge in [0.1, 0.15) is 24.2 Å². The number of benzene rings is 2. The second kappa shape index (κ2) is 10.3. The Morgan fingerprint density at radius 1 is 1.17 bits per heavy atom. The lowest BCUT2D eigenvalue weighted by atomic mass is 10.0. The van der Waals surface area contributed by atoms with Gasteiger partial charge in [0.15, 0.2) is 0 Å². The maximum atomic E-state index is 13.6. The van der Waals surface area contributed by atoms with Gasteiger partial charge in [-0.2, -0.15) is 0 Å². The first kappa shape index (κ1) is 24.9. The molecule has 0 radical (unpaired) electrons. The molecule has 1 saturated heterocycles. The molecule has 1 fully saturated rings. The molecule has 1 aromatic heterocycles. The van der Waals surface area contributed by atoms with Gasteiger partial charge in [-0.25, -0.2) is 9.36 Å². The van der Waals surface area contributed by atoms with E-state index in [-0.39, 0.29) is 13.0 Å². The molecule has 2 aromatic carbocycles. The van der Waals surface area contributed by atoms with Crippen molar-refractivity contribution in [1.82, 2.24) is 9.55 Å². The van der Waals surface area contributed by atoms with Gasteiger partial charge in [-0.05, 0) is 16.6 Å². The number of aromatic nitrogens is 2. The number of hydrogen-bond acceptors (Lipinski definition) is 8. The van der Waals surface area contributed by atoms with E-state index in [0.29, 0.717) is 11.3 Å². The summed E-state index contributed by atoms with van der Waals surface area (Å²) in [6, 6.07) is 16.2. The minimum absolute atomic E-state index is 0.00149. The molecule has 2 aliphatic rings. The molecule has 10 nitrogen and oxygen atoms in total. The molecule has 0 spiro atoms. The van der Waals surface area contributed by atoms with E-state index in [9.17, 15) is 19.3 Å². The zero-order valence-electron chi connectivity index (χ0n) is 18.7. The summed E-state index contributed by atoms with van der Waals surface area (Å²) in [6.07, 6.45) is -1.19. The molecule has 2 N–H and O–H groups in total. The van der Waals surface area contributed by atoms with E-state index < -0.39 is 43.6 Å². The Balaban J connectivity index is 1.39. The van der Waals surface area contributed by atoms with Crippen LogP contribution in [0.1, 0.15) is 18.2 Å². The molecule has 3 aromatic rings. The summed E-state index contributed by atoms with van der Waals surface area (Å²) in [5, 5.41) is 10.7. The summed E-state index contributed by atoms with van der Waals surface area (Å²) in [4.78, 5) is 27.2. The summed E-state index contributed by atoms with van der Waals surface area (Å²) in [6.45, 7) is 0.00149. The van der Waals surface area contributed by atoms with Gasteiger partial charge in [-0.1, -0.05) is 64.5 Å². The molecule has 0 aliphatic carbocycles. The first-order chi connectivity index (χ1) is 17.4. The first-order valence-corrected chi connectivity index (χ1v) is 13.5. The number of phosphoric acid groups is 1. The van der Waals surface area contributed by atoms with Crippen molar-refractivity contribution >= 4 is 23.8 Å². The highest BCUT2D eigenvalue weighted by Crippen LogP contribution is 2.58. The molecule has 2 aliphatic heterocycles. The van der Waals surface area contributed by atoms with Gasteiger partial charge >= 0.3 is 13.5 Å². The molecule has 0 bridgehead atoms. The number of hydrogen-bond donors (Lipinski definition) is 2.